The third-order valence-electron chi connectivity index (χ3n) is 3.95. The molecule has 10 heteroatoms. The summed E-state index contributed by atoms with van der Waals surface area (Å²) < 4.78 is 7.04. The van der Waals surface area contributed by atoms with E-state index in [1.54, 1.807) is 11.0 Å². The van der Waals surface area contributed by atoms with Gasteiger partial charge in [-0.2, -0.15) is 0 Å². The minimum absolute atomic E-state index is 0.0431. The zero-order chi connectivity index (χ0) is 18.1. The molecular formula is C16H14N6O3S. The first-order valence-corrected chi connectivity index (χ1v) is 8.61. The van der Waals surface area contributed by atoms with Gasteiger partial charge < -0.3 is 15.4 Å². The van der Waals surface area contributed by atoms with Gasteiger partial charge in [0.2, 0.25) is 5.91 Å². The number of nitrogens with two attached hydrogens (primary N) is 1. The zero-order valence-corrected chi connectivity index (χ0v) is 14.3. The van der Waals surface area contributed by atoms with Crippen LogP contribution in [0.15, 0.2) is 36.7 Å². The normalized spacial score (nSPS) is 13.2. The molecule has 2 aromatic heterocycles. The Balaban J connectivity index is 1.65. The minimum Gasteiger partial charge on any atom is -0.490 e. The summed E-state index contributed by atoms with van der Waals surface area (Å²) in [7, 11) is 0. The summed E-state index contributed by atoms with van der Waals surface area (Å²) in [6, 6.07) is 9.13. The molecule has 0 spiro atoms. The highest BCUT2D eigenvalue weighted by Gasteiger charge is 2.25. The Morgan fingerprint density at radius 3 is 2.88 bits per heavy atom. The first-order valence-electron chi connectivity index (χ1n) is 7.80. The number of fused-ring (bicyclic) bond motifs is 1. The zero-order valence-electron chi connectivity index (χ0n) is 13.5. The number of thiophene rings is 1. The summed E-state index contributed by atoms with van der Waals surface area (Å²) in [5.74, 6) is 0.0422. The van der Waals surface area contributed by atoms with Gasteiger partial charge in [0.25, 0.3) is 5.91 Å². The van der Waals surface area contributed by atoms with Crippen LogP contribution in [0.3, 0.4) is 0 Å². The monoisotopic (exact) mass is 370 g/mol. The average Bonchev–Trinajstić information content (AvgIpc) is 3.32. The number of nitrogens with zero attached hydrogens (tertiary/aromatic N) is 5. The second-order valence-electron chi connectivity index (χ2n) is 5.61. The topological polar surface area (TPSA) is 116 Å². The van der Waals surface area contributed by atoms with Gasteiger partial charge in [-0.1, -0.05) is 0 Å². The maximum atomic E-state index is 12.7. The summed E-state index contributed by atoms with van der Waals surface area (Å²) in [5, 5.41) is 10.8. The van der Waals surface area contributed by atoms with Crippen LogP contribution in [0.2, 0.25) is 0 Å². The predicted octanol–water partition coefficient (Wildman–Crippen LogP) is 0.926. The molecule has 1 aliphatic rings. The van der Waals surface area contributed by atoms with Crippen LogP contribution in [-0.2, 0) is 11.3 Å². The molecule has 0 saturated carbocycles. The van der Waals surface area contributed by atoms with Crippen molar-refractivity contribution >= 4 is 28.8 Å². The quantitative estimate of drug-likeness (QED) is 0.730. The number of amides is 2. The molecule has 132 valence electrons. The number of tetrazole rings is 1. The lowest BCUT2D eigenvalue weighted by molar-refractivity contribution is -0.119. The van der Waals surface area contributed by atoms with E-state index in [1.165, 1.54) is 22.3 Å². The molecule has 26 heavy (non-hydrogen) atoms. The Morgan fingerprint density at radius 2 is 2.15 bits per heavy atom. The van der Waals surface area contributed by atoms with E-state index in [1.807, 2.05) is 24.3 Å². The third-order valence-corrected chi connectivity index (χ3v) is 5.09. The van der Waals surface area contributed by atoms with Crippen molar-refractivity contribution < 1.29 is 14.3 Å². The van der Waals surface area contributed by atoms with E-state index in [2.05, 4.69) is 15.5 Å². The van der Waals surface area contributed by atoms with Crippen molar-refractivity contribution in [1.29, 1.82) is 0 Å². The van der Waals surface area contributed by atoms with Crippen LogP contribution in [0, 0.1) is 0 Å². The van der Waals surface area contributed by atoms with E-state index < -0.39 is 5.91 Å². The maximum absolute atomic E-state index is 12.7. The second kappa shape index (κ2) is 6.56. The van der Waals surface area contributed by atoms with Gasteiger partial charge in [0.05, 0.1) is 17.1 Å². The first-order chi connectivity index (χ1) is 12.6. The Hall–Kier alpha value is -3.27. The molecule has 0 aliphatic carbocycles. The number of anilines is 1. The molecule has 4 rings (SSSR count). The molecule has 0 fully saturated rings. The lowest BCUT2D eigenvalue weighted by atomic mass is 10.1. The fourth-order valence-corrected chi connectivity index (χ4v) is 3.59. The van der Waals surface area contributed by atoms with Crippen molar-refractivity contribution in [3.63, 3.8) is 0 Å². The van der Waals surface area contributed by atoms with Crippen molar-refractivity contribution in [3.05, 3.63) is 41.5 Å². The van der Waals surface area contributed by atoms with Crippen molar-refractivity contribution in [2.24, 2.45) is 5.73 Å². The summed E-state index contributed by atoms with van der Waals surface area (Å²) in [4.78, 5) is 27.0. The highest BCUT2D eigenvalue weighted by molar-refractivity contribution is 7.17. The van der Waals surface area contributed by atoms with Gasteiger partial charge in [-0.05, 0) is 46.3 Å². The molecule has 1 aromatic carbocycles. The van der Waals surface area contributed by atoms with Crippen LogP contribution >= 0.6 is 11.3 Å². The first kappa shape index (κ1) is 16.2. The predicted molar refractivity (Wildman–Crippen MR) is 93.9 cm³/mol. The average molecular weight is 370 g/mol. The van der Waals surface area contributed by atoms with E-state index in [0.29, 0.717) is 29.5 Å². The second-order valence-corrected chi connectivity index (χ2v) is 6.70. The number of primary amides is 1. The Labute approximate surface area is 152 Å². The van der Waals surface area contributed by atoms with Crippen LogP contribution in [0.4, 0.5) is 5.69 Å². The molecule has 2 N–H and O–H groups in total. The number of rotatable bonds is 4. The van der Waals surface area contributed by atoms with E-state index in [9.17, 15) is 9.59 Å². The Morgan fingerprint density at radius 1 is 1.27 bits per heavy atom. The fourth-order valence-electron chi connectivity index (χ4n) is 2.73. The number of benzene rings is 1. The largest absolute Gasteiger partial charge is 0.490 e. The fraction of sp³-hybridized carbons (Fsp3) is 0.188. The van der Waals surface area contributed by atoms with Gasteiger partial charge in [0.15, 0.2) is 0 Å². The summed E-state index contributed by atoms with van der Waals surface area (Å²) in [5.41, 5.74) is 6.89. The minimum atomic E-state index is -0.458. The van der Waals surface area contributed by atoms with Crippen LogP contribution in [-0.4, -0.2) is 45.2 Å². The van der Waals surface area contributed by atoms with E-state index in [4.69, 9.17) is 10.5 Å². The van der Waals surface area contributed by atoms with Gasteiger partial charge in [0, 0.05) is 4.88 Å². The number of hydrogen-bond donors (Lipinski definition) is 1. The summed E-state index contributed by atoms with van der Waals surface area (Å²) in [6.07, 6.45) is 1.40. The molecule has 3 aromatic rings. The van der Waals surface area contributed by atoms with Gasteiger partial charge in [0.1, 0.15) is 25.2 Å². The molecule has 9 nitrogen and oxygen atoms in total. The van der Waals surface area contributed by atoms with Crippen LogP contribution in [0.25, 0.3) is 10.4 Å². The van der Waals surface area contributed by atoms with Gasteiger partial charge in [-0.15, -0.1) is 16.4 Å². The standard InChI is InChI=1S/C16H14N6O3S/c17-16(24)14-4-3-13(26-14)10-1-2-12-11(7-10)22(5-6-25-12)15(23)8-21-9-18-19-20-21/h1-4,7,9H,5-6,8H2,(H2,17,24). The van der Waals surface area contributed by atoms with E-state index >= 15 is 0 Å². The third kappa shape index (κ3) is 3.02. The lowest BCUT2D eigenvalue weighted by Crippen LogP contribution is -2.40. The lowest BCUT2D eigenvalue weighted by Gasteiger charge is -2.29. The van der Waals surface area contributed by atoms with Crippen LogP contribution in [0.1, 0.15) is 9.67 Å². The van der Waals surface area contributed by atoms with Crippen LogP contribution < -0.4 is 15.4 Å². The highest BCUT2D eigenvalue weighted by Crippen LogP contribution is 2.37. The number of ether oxygens (including phenoxy) is 1. The molecule has 1 aliphatic heterocycles. The van der Waals surface area contributed by atoms with Crippen molar-refractivity contribution in [2.45, 2.75) is 6.54 Å². The van der Waals surface area contributed by atoms with Crippen molar-refractivity contribution in [1.82, 2.24) is 20.2 Å². The number of carbonyl (C=O) groups is 2. The number of carbonyl (C=O) groups excluding carboxylic acids is 2. The van der Waals surface area contributed by atoms with E-state index in [-0.39, 0.29) is 12.5 Å². The smallest absolute Gasteiger partial charge is 0.258 e. The molecule has 3 heterocycles. The number of hydrogen-bond acceptors (Lipinski definition) is 7. The highest BCUT2D eigenvalue weighted by atomic mass is 32.1. The SMILES string of the molecule is NC(=O)c1ccc(-c2ccc3c(c2)N(C(=O)Cn2cnnn2)CCO3)s1. The molecule has 0 unspecified atom stereocenters. The van der Waals surface area contributed by atoms with Gasteiger partial charge >= 0.3 is 0 Å². The van der Waals surface area contributed by atoms with Gasteiger partial charge in [-0.25, -0.2) is 4.68 Å². The Kier molecular flexibility index (Phi) is 4.09. The molecule has 0 atom stereocenters. The molecular weight excluding hydrogens is 356 g/mol. The molecule has 0 radical (unpaired) electrons. The Bertz CT molecular complexity index is 968. The molecule has 0 bridgehead atoms. The van der Waals surface area contributed by atoms with Gasteiger partial charge in [-0.3, -0.25) is 9.59 Å². The molecule has 0 saturated heterocycles. The molecule has 2 amide bonds. The summed E-state index contributed by atoms with van der Waals surface area (Å²) in [6.45, 7) is 0.897. The van der Waals surface area contributed by atoms with Crippen LogP contribution in [0.5, 0.6) is 5.75 Å². The van der Waals surface area contributed by atoms with E-state index in [0.717, 1.165) is 10.4 Å². The van der Waals surface area contributed by atoms with Crippen molar-refractivity contribution in [3.8, 4) is 16.2 Å². The maximum Gasteiger partial charge on any atom is 0.258 e. The number of aromatic nitrogens is 4. The van der Waals surface area contributed by atoms with Crippen molar-refractivity contribution in [2.75, 3.05) is 18.1 Å². The summed E-state index contributed by atoms with van der Waals surface area (Å²) >= 11 is 1.31.